The molecule has 8 nitrogen and oxygen atoms in total. The number of hydrogen-bond donors (Lipinski definition) is 3. The molecule has 0 fully saturated rings. The van der Waals surface area contributed by atoms with Crippen molar-refractivity contribution in [3.8, 4) is 6.07 Å². The van der Waals surface area contributed by atoms with E-state index in [9.17, 15) is 16.8 Å². The summed E-state index contributed by atoms with van der Waals surface area (Å²) in [5.41, 5.74) is 1.15. The van der Waals surface area contributed by atoms with E-state index in [1.165, 1.54) is 6.07 Å². The van der Waals surface area contributed by atoms with Crippen molar-refractivity contribution in [3.63, 3.8) is 0 Å². The molecule has 4 N–H and O–H groups in total. The highest BCUT2D eigenvalue weighted by molar-refractivity contribution is 7.90. The number of nitrogens with one attached hydrogen (secondary N) is 2. The van der Waals surface area contributed by atoms with Crippen molar-refractivity contribution in [2.75, 3.05) is 5.32 Å². The Morgan fingerprint density at radius 2 is 1.84 bits per heavy atom. The molecule has 11 heteroatoms. The molecular weight excluding hydrogens is 388 g/mol. The number of nitrogens with zero attached hydrogens (tertiary/aromatic N) is 1. The van der Waals surface area contributed by atoms with Crippen molar-refractivity contribution in [2.45, 2.75) is 16.0 Å². The van der Waals surface area contributed by atoms with Gasteiger partial charge >= 0.3 is 0 Å². The number of nitriles is 1. The molecular formula is C14H11ClN4O4S2. The fourth-order valence-electron chi connectivity index (χ4n) is 2.39. The minimum atomic E-state index is -4.17. The SMILES string of the molecule is N#Cc1ccc([C@@H]2Nc3cc(Cl)c(S(N)(=O)=O)cc3S(=O)(=O)N2)cc1. The molecule has 2 aromatic rings. The lowest BCUT2D eigenvalue weighted by Crippen LogP contribution is -2.38. The third kappa shape index (κ3) is 3.33. The largest absolute Gasteiger partial charge is 0.364 e. The van der Waals surface area contributed by atoms with Crippen LogP contribution >= 0.6 is 11.6 Å². The molecule has 0 bridgehead atoms. The molecule has 0 aromatic heterocycles. The molecule has 2 aromatic carbocycles. The number of anilines is 1. The zero-order valence-electron chi connectivity index (χ0n) is 12.4. The van der Waals surface area contributed by atoms with E-state index in [1.807, 2.05) is 6.07 Å². The Hall–Kier alpha value is -2.16. The second-order valence-electron chi connectivity index (χ2n) is 5.26. The van der Waals surface area contributed by atoms with Crippen molar-refractivity contribution in [1.82, 2.24) is 4.72 Å². The van der Waals surface area contributed by atoms with E-state index < -0.39 is 31.1 Å². The highest BCUT2D eigenvalue weighted by Crippen LogP contribution is 2.36. The summed E-state index contributed by atoms with van der Waals surface area (Å²) >= 11 is 5.92. The van der Waals surface area contributed by atoms with Crippen molar-refractivity contribution in [3.05, 3.63) is 52.5 Å². The monoisotopic (exact) mass is 398 g/mol. The summed E-state index contributed by atoms with van der Waals surface area (Å²) in [6.45, 7) is 0. The number of rotatable bonds is 2. The van der Waals surface area contributed by atoms with E-state index in [1.54, 1.807) is 24.3 Å². The highest BCUT2D eigenvalue weighted by atomic mass is 35.5. The van der Waals surface area contributed by atoms with Gasteiger partial charge in [0, 0.05) is 0 Å². The second-order valence-corrected chi connectivity index (χ2v) is 8.88. The number of fused-ring (bicyclic) bond motifs is 1. The first-order chi connectivity index (χ1) is 11.6. The molecule has 0 radical (unpaired) electrons. The Labute approximate surface area is 149 Å². The quantitative estimate of drug-likeness (QED) is 0.695. The van der Waals surface area contributed by atoms with Gasteiger partial charge in [0.2, 0.25) is 20.0 Å². The summed E-state index contributed by atoms with van der Waals surface area (Å²) in [5, 5.41) is 16.6. The normalized spacial score (nSPS) is 18.7. The molecule has 0 saturated heterocycles. The lowest BCUT2D eigenvalue weighted by atomic mass is 10.1. The molecule has 0 spiro atoms. The molecule has 25 heavy (non-hydrogen) atoms. The van der Waals surface area contributed by atoms with Gasteiger partial charge in [-0.2, -0.15) is 9.98 Å². The average molecular weight is 399 g/mol. The summed E-state index contributed by atoms with van der Waals surface area (Å²) in [6.07, 6.45) is -0.804. The molecule has 0 aliphatic carbocycles. The van der Waals surface area contributed by atoms with Gasteiger partial charge < -0.3 is 5.32 Å². The maximum Gasteiger partial charge on any atom is 0.244 e. The van der Waals surface area contributed by atoms with Crippen LogP contribution in [0.15, 0.2) is 46.2 Å². The first-order valence-corrected chi connectivity index (χ1v) is 10.2. The average Bonchev–Trinajstić information content (AvgIpc) is 2.52. The molecule has 1 atom stereocenters. The van der Waals surface area contributed by atoms with E-state index in [4.69, 9.17) is 22.0 Å². The molecule has 1 aliphatic heterocycles. The predicted molar refractivity (Wildman–Crippen MR) is 90.7 cm³/mol. The maximum atomic E-state index is 12.5. The smallest absolute Gasteiger partial charge is 0.244 e. The number of halogens is 1. The van der Waals surface area contributed by atoms with E-state index in [0.29, 0.717) is 11.1 Å². The molecule has 1 aliphatic rings. The topological polar surface area (TPSA) is 142 Å². The summed E-state index contributed by atoms with van der Waals surface area (Å²) in [6, 6.07) is 10.4. The zero-order valence-corrected chi connectivity index (χ0v) is 14.8. The molecule has 130 valence electrons. The van der Waals surface area contributed by atoms with E-state index in [0.717, 1.165) is 6.07 Å². The Morgan fingerprint density at radius 3 is 2.40 bits per heavy atom. The fourth-order valence-corrected chi connectivity index (χ4v) is 4.88. The Balaban J connectivity index is 2.09. The first kappa shape index (κ1) is 17.7. The molecule has 0 amide bonds. The van der Waals surface area contributed by atoms with Gasteiger partial charge in [0.05, 0.1) is 22.3 Å². The van der Waals surface area contributed by atoms with Crippen LogP contribution in [0.25, 0.3) is 0 Å². The van der Waals surface area contributed by atoms with Crippen LogP contribution < -0.4 is 15.2 Å². The van der Waals surface area contributed by atoms with Gasteiger partial charge in [-0.3, -0.25) is 0 Å². The van der Waals surface area contributed by atoms with Crippen LogP contribution in [0.4, 0.5) is 5.69 Å². The number of hydrogen-bond acceptors (Lipinski definition) is 6. The number of nitrogens with two attached hydrogens (primary N) is 1. The standard InChI is InChI=1S/C14H11ClN4O4S2/c15-10-5-11-13(6-12(10)24(17,20)21)25(22,23)19-14(18-11)9-3-1-8(7-16)2-4-9/h1-6,14,18-19H,(H2,17,20,21)/t14-/m1/s1. The summed E-state index contributed by atoms with van der Waals surface area (Å²) in [5.74, 6) is 0. The van der Waals surface area contributed by atoms with Crippen LogP contribution in [-0.2, 0) is 20.0 Å². The van der Waals surface area contributed by atoms with Crippen LogP contribution in [0.1, 0.15) is 17.3 Å². The Morgan fingerprint density at radius 1 is 1.20 bits per heavy atom. The van der Waals surface area contributed by atoms with Crippen LogP contribution in [0.2, 0.25) is 5.02 Å². The van der Waals surface area contributed by atoms with Gasteiger partial charge in [-0.1, -0.05) is 23.7 Å². The fraction of sp³-hybridized carbons (Fsp3) is 0.0714. The van der Waals surface area contributed by atoms with Crippen LogP contribution in [0, 0.1) is 11.3 Å². The molecule has 3 rings (SSSR count). The molecule has 1 heterocycles. The van der Waals surface area contributed by atoms with Gasteiger partial charge in [-0.15, -0.1) is 0 Å². The lowest BCUT2D eigenvalue weighted by molar-refractivity contribution is 0.562. The van der Waals surface area contributed by atoms with Gasteiger partial charge in [-0.25, -0.2) is 22.0 Å². The summed E-state index contributed by atoms with van der Waals surface area (Å²) in [7, 11) is -8.18. The number of benzene rings is 2. The van der Waals surface area contributed by atoms with E-state index in [-0.39, 0.29) is 15.6 Å². The Kier molecular flexibility index (Phi) is 4.22. The summed E-state index contributed by atoms with van der Waals surface area (Å²) in [4.78, 5) is -0.747. The number of primary sulfonamides is 1. The van der Waals surface area contributed by atoms with Gasteiger partial charge in [0.15, 0.2) is 0 Å². The van der Waals surface area contributed by atoms with Gasteiger partial charge in [0.25, 0.3) is 0 Å². The van der Waals surface area contributed by atoms with Crippen molar-refractivity contribution >= 4 is 37.3 Å². The first-order valence-electron chi connectivity index (χ1n) is 6.77. The van der Waals surface area contributed by atoms with Crippen molar-refractivity contribution < 1.29 is 16.8 Å². The third-order valence-corrected chi connectivity index (χ3v) is 6.41. The minimum absolute atomic E-state index is 0.144. The van der Waals surface area contributed by atoms with E-state index >= 15 is 0 Å². The van der Waals surface area contributed by atoms with Crippen LogP contribution in [0.3, 0.4) is 0 Å². The van der Waals surface area contributed by atoms with Gasteiger partial charge in [0.1, 0.15) is 16.0 Å². The molecule has 0 saturated carbocycles. The predicted octanol–water partition coefficient (Wildman–Crippen LogP) is 1.26. The maximum absolute atomic E-state index is 12.5. The second kappa shape index (κ2) is 5.98. The zero-order chi connectivity index (χ0) is 18.4. The van der Waals surface area contributed by atoms with E-state index in [2.05, 4.69) is 10.0 Å². The van der Waals surface area contributed by atoms with Crippen molar-refractivity contribution in [2.24, 2.45) is 5.14 Å². The third-order valence-electron chi connectivity index (χ3n) is 3.58. The lowest BCUT2D eigenvalue weighted by Gasteiger charge is -2.28. The summed E-state index contributed by atoms with van der Waals surface area (Å²) < 4.78 is 50.4. The van der Waals surface area contributed by atoms with Crippen LogP contribution in [0.5, 0.6) is 0 Å². The number of sulfonamides is 2. The molecule has 0 unspecified atom stereocenters. The highest BCUT2D eigenvalue weighted by Gasteiger charge is 2.32. The van der Waals surface area contributed by atoms with Crippen LogP contribution in [-0.4, -0.2) is 16.8 Å². The van der Waals surface area contributed by atoms with Crippen molar-refractivity contribution in [1.29, 1.82) is 5.26 Å². The van der Waals surface area contributed by atoms with Gasteiger partial charge in [-0.05, 0) is 29.8 Å². The Bertz CT molecular complexity index is 1110. The minimum Gasteiger partial charge on any atom is -0.364 e.